The molecular weight excluding hydrogens is 224 g/mol. The Hall–Kier alpha value is -1.57. The largest absolute Gasteiger partial charge is 0.497 e. The highest BCUT2D eigenvalue weighted by Gasteiger charge is 2.11. The predicted octanol–water partition coefficient (Wildman–Crippen LogP) is 3.70. The van der Waals surface area contributed by atoms with E-state index in [1.54, 1.807) is 7.11 Å². The summed E-state index contributed by atoms with van der Waals surface area (Å²) in [5.41, 5.74) is 2.25. The van der Waals surface area contributed by atoms with Crippen molar-refractivity contribution in [2.24, 2.45) is 0 Å². The van der Waals surface area contributed by atoms with Gasteiger partial charge in [0.15, 0.2) is 5.78 Å². The summed E-state index contributed by atoms with van der Waals surface area (Å²) < 4.78 is 5.11. The summed E-state index contributed by atoms with van der Waals surface area (Å²) in [6.07, 6.45) is 8.01. The van der Waals surface area contributed by atoms with Crippen LogP contribution >= 0.6 is 0 Å². The van der Waals surface area contributed by atoms with E-state index in [0.29, 0.717) is 12.2 Å². The third kappa shape index (κ3) is 3.46. The highest BCUT2D eigenvalue weighted by Crippen LogP contribution is 2.20. The van der Waals surface area contributed by atoms with Crippen molar-refractivity contribution in [1.82, 2.24) is 0 Å². The molecule has 0 saturated heterocycles. The van der Waals surface area contributed by atoms with Crippen LogP contribution in [0.1, 0.15) is 37.7 Å². The first-order valence-electron chi connectivity index (χ1n) is 6.65. The van der Waals surface area contributed by atoms with Crippen LogP contribution in [0.2, 0.25) is 0 Å². The minimum Gasteiger partial charge on any atom is -0.497 e. The van der Waals surface area contributed by atoms with Gasteiger partial charge in [0, 0.05) is 6.42 Å². The molecule has 0 bridgehead atoms. The molecule has 0 spiro atoms. The van der Waals surface area contributed by atoms with E-state index in [2.05, 4.69) is 6.08 Å². The molecular formula is C16H20O2. The van der Waals surface area contributed by atoms with Gasteiger partial charge in [-0.3, -0.25) is 4.79 Å². The lowest BCUT2D eigenvalue weighted by molar-refractivity contribution is -0.115. The van der Waals surface area contributed by atoms with Crippen LogP contribution in [0.25, 0.3) is 0 Å². The average Bonchev–Trinajstić information content (AvgIpc) is 2.46. The zero-order valence-electron chi connectivity index (χ0n) is 10.9. The van der Waals surface area contributed by atoms with Crippen molar-refractivity contribution in [2.45, 2.75) is 38.5 Å². The maximum atomic E-state index is 12.0. The van der Waals surface area contributed by atoms with E-state index in [-0.39, 0.29) is 0 Å². The van der Waals surface area contributed by atoms with E-state index in [0.717, 1.165) is 30.6 Å². The number of aryl methyl sites for hydroxylation is 1. The Morgan fingerprint density at radius 2 is 2.00 bits per heavy atom. The molecule has 1 aliphatic carbocycles. The molecule has 2 heteroatoms. The Labute approximate surface area is 109 Å². The fraction of sp³-hybridized carbons (Fsp3) is 0.438. The van der Waals surface area contributed by atoms with Crippen molar-refractivity contribution in [2.75, 3.05) is 7.11 Å². The van der Waals surface area contributed by atoms with Crippen LogP contribution in [0.15, 0.2) is 35.9 Å². The molecule has 1 aliphatic rings. The first kappa shape index (κ1) is 12.9. The van der Waals surface area contributed by atoms with Crippen molar-refractivity contribution in [3.05, 3.63) is 41.5 Å². The average molecular weight is 244 g/mol. The van der Waals surface area contributed by atoms with Gasteiger partial charge < -0.3 is 4.74 Å². The minimum absolute atomic E-state index is 0.325. The van der Waals surface area contributed by atoms with E-state index in [9.17, 15) is 4.79 Å². The summed E-state index contributed by atoms with van der Waals surface area (Å²) in [6.45, 7) is 0. The van der Waals surface area contributed by atoms with Gasteiger partial charge >= 0.3 is 0 Å². The van der Waals surface area contributed by atoms with Gasteiger partial charge in [0.2, 0.25) is 0 Å². The van der Waals surface area contributed by atoms with Crippen LogP contribution in [0.4, 0.5) is 0 Å². The number of ketones is 1. The lowest BCUT2D eigenvalue weighted by atomic mass is 9.93. The molecule has 0 radical (unpaired) electrons. The monoisotopic (exact) mass is 244 g/mol. The van der Waals surface area contributed by atoms with Gasteiger partial charge in [-0.2, -0.15) is 0 Å². The Morgan fingerprint density at radius 3 is 2.61 bits per heavy atom. The van der Waals surface area contributed by atoms with Crippen molar-refractivity contribution in [3.63, 3.8) is 0 Å². The zero-order chi connectivity index (χ0) is 12.8. The van der Waals surface area contributed by atoms with Gasteiger partial charge in [0.1, 0.15) is 5.75 Å². The zero-order valence-corrected chi connectivity index (χ0v) is 10.9. The summed E-state index contributed by atoms with van der Waals surface area (Å²) in [7, 11) is 1.66. The van der Waals surface area contributed by atoms with Crippen LogP contribution in [-0.2, 0) is 11.2 Å². The lowest BCUT2D eigenvalue weighted by Crippen LogP contribution is -2.07. The Morgan fingerprint density at radius 1 is 1.22 bits per heavy atom. The van der Waals surface area contributed by atoms with E-state index in [1.807, 2.05) is 24.3 Å². The molecule has 0 N–H and O–H groups in total. The molecule has 0 aliphatic heterocycles. The number of hydrogen-bond donors (Lipinski definition) is 0. The highest BCUT2D eigenvalue weighted by atomic mass is 16.5. The van der Waals surface area contributed by atoms with Crippen molar-refractivity contribution in [3.8, 4) is 5.75 Å². The lowest BCUT2D eigenvalue weighted by Gasteiger charge is -2.11. The number of methoxy groups -OCH3 is 1. The topological polar surface area (TPSA) is 26.3 Å². The van der Waals surface area contributed by atoms with E-state index in [1.165, 1.54) is 18.4 Å². The first-order chi connectivity index (χ1) is 8.79. The molecule has 2 nitrogen and oxygen atoms in total. The number of benzene rings is 1. The van der Waals surface area contributed by atoms with E-state index in [4.69, 9.17) is 4.74 Å². The van der Waals surface area contributed by atoms with Gasteiger partial charge in [-0.05, 0) is 55.4 Å². The number of carbonyl (C=O) groups excluding carboxylic acids is 1. The van der Waals surface area contributed by atoms with E-state index < -0.39 is 0 Å². The van der Waals surface area contributed by atoms with Gasteiger partial charge in [0.25, 0.3) is 0 Å². The Kier molecular flexibility index (Phi) is 4.57. The van der Waals surface area contributed by atoms with Gasteiger partial charge in [0.05, 0.1) is 7.11 Å². The summed E-state index contributed by atoms with van der Waals surface area (Å²) in [6, 6.07) is 7.95. The molecule has 96 valence electrons. The summed E-state index contributed by atoms with van der Waals surface area (Å²) in [4.78, 5) is 12.0. The highest BCUT2D eigenvalue weighted by molar-refractivity contribution is 5.95. The van der Waals surface area contributed by atoms with Crippen molar-refractivity contribution in [1.29, 1.82) is 0 Å². The number of rotatable bonds is 5. The molecule has 18 heavy (non-hydrogen) atoms. The SMILES string of the molecule is COc1ccc(CCC(=O)C2=CCCCC2)cc1. The van der Waals surface area contributed by atoms with Crippen LogP contribution in [0.5, 0.6) is 5.75 Å². The summed E-state index contributed by atoms with van der Waals surface area (Å²) >= 11 is 0. The van der Waals surface area contributed by atoms with Crippen LogP contribution in [0, 0.1) is 0 Å². The Bertz CT molecular complexity index is 429. The quantitative estimate of drug-likeness (QED) is 0.789. The smallest absolute Gasteiger partial charge is 0.158 e. The van der Waals surface area contributed by atoms with E-state index >= 15 is 0 Å². The van der Waals surface area contributed by atoms with Gasteiger partial charge in [-0.1, -0.05) is 18.2 Å². The molecule has 0 heterocycles. The van der Waals surface area contributed by atoms with Crippen molar-refractivity contribution < 1.29 is 9.53 Å². The molecule has 0 amide bonds. The third-order valence-electron chi connectivity index (χ3n) is 3.45. The number of Topliss-reactive ketones (excluding diaryl/α,β-unsaturated/α-hetero) is 1. The number of ether oxygens (including phenoxy) is 1. The predicted molar refractivity (Wildman–Crippen MR) is 72.9 cm³/mol. The fourth-order valence-electron chi connectivity index (χ4n) is 2.30. The second kappa shape index (κ2) is 6.39. The molecule has 0 aromatic heterocycles. The number of allylic oxidation sites excluding steroid dienone is 2. The molecule has 0 atom stereocenters. The fourth-order valence-corrected chi connectivity index (χ4v) is 2.30. The Balaban J connectivity index is 1.86. The molecule has 0 saturated carbocycles. The standard InChI is InChI=1S/C16H20O2/c1-18-15-10-7-13(8-11-15)9-12-16(17)14-5-3-2-4-6-14/h5,7-8,10-11H,2-4,6,9,12H2,1H3. The molecule has 1 aromatic carbocycles. The van der Waals surface area contributed by atoms with Crippen LogP contribution < -0.4 is 4.74 Å². The summed E-state index contributed by atoms with van der Waals surface area (Å²) in [5, 5.41) is 0. The summed E-state index contributed by atoms with van der Waals surface area (Å²) in [5.74, 6) is 1.19. The first-order valence-corrected chi connectivity index (χ1v) is 6.65. The molecule has 2 rings (SSSR count). The molecule has 0 unspecified atom stereocenters. The van der Waals surface area contributed by atoms with Gasteiger partial charge in [-0.15, -0.1) is 0 Å². The van der Waals surface area contributed by atoms with Gasteiger partial charge in [-0.25, -0.2) is 0 Å². The van der Waals surface area contributed by atoms with Crippen molar-refractivity contribution >= 4 is 5.78 Å². The van der Waals surface area contributed by atoms with Crippen LogP contribution in [0.3, 0.4) is 0 Å². The maximum absolute atomic E-state index is 12.0. The number of hydrogen-bond acceptors (Lipinski definition) is 2. The molecule has 1 aromatic rings. The maximum Gasteiger partial charge on any atom is 0.158 e. The molecule has 0 fully saturated rings. The second-order valence-electron chi connectivity index (χ2n) is 4.75. The second-order valence-corrected chi connectivity index (χ2v) is 4.75. The third-order valence-corrected chi connectivity index (χ3v) is 3.45. The number of carbonyl (C=O) groups is 1. The van der Waals surface area contributed by atoms with Crippen LogP contribution in [-0.4, -0.2) is 12.9 Å². The normalized spacial score (nSPS) is 15.1. The minimum atomic E-state index is 0.325.